The Labute approximate surface area is 126 Å². The average molecular weight is 312 g/mol. The van der Waals surface area contributed by atoms with E-state index >= 15 is 0 Å². The maximum Gasteiger partial charge on any atom is 0.208 e. The van der Waals surface area contributed by atoms with Crippen LogP contribution in [0.5, 0.6) is 0 Å². The Balaban J connectivity index is 1.65. The van der Waals surface area contributed by atoms with Crippen LogP contribution in [-0.4, -0.2) is 49.2 Å². The Morgan fingerprint density at radius 2 is 2.14 bits per heavy atom. The van der Waals surface area contributed by atoms with E-state index in [0.29, 0.717) is 12.6 Å². The fourth-order valence-electron chi connectivity index (χ4n) is 3.41. The summed E-state index contributed by atoms with van der Waals surface area (Å²) in [5.41, 5.74) is 2.56. The minimum Gasteiger partial charge on any atom is -0.344 e. The number of H-pyrrole nitrogens is 1. The molecular weight excluding hydrogens is 288 g/mol. The molecule has 0 bridgehead atoms. The van der Waals surface area contributed by atoms with Crippen molar-refractivity contribution in [1.82, 2.24) is 19.6 Å². The summed E-state index contributed by atoms with van der Waals surface area (Å²) in [5.74, 6) is 1.08. The van der Waals surface area contributed by atoms with Crippen molar-refractivity contribution < 1.29 is 8.42 Å². The van der Waals surface area contributed by atoms with Crippen LogP contribution in [-0.2, 0) is 22.9 Å². The molecule has 0 aromatic carbocycles. The molecule has 2 N–H and O–H groups in total. The summed E-state index contributed by atoms with van der Waals surface area (Å²) in [6.45, 7) is 2.22. The summed E-state index contributed by atoms with van der Waals surface area (Å²) in [5, 5.41) is 0. The Bertz CT molecular complexity index is 573. The molecule has 1 saturated heterocycles. The molecule has 7 heteroatoms. The second-order valence-corrected chi connectivity index (χ2v) is 7.95. The zero-order chi connectivity index (χ0) is 14.9. The predicted molar refractivity (Wildman–Crippen MR) is 81.6 cm³/mol. The number of rotatable bonds is 5. The van der Waals surface area contributed by atoms with Gasteiger partial charge in [-0.25, -0.2) is 18.1 Å². The van der Waals surface area contributed by atoms with Gasteiger partial charge in [0.2, 0.25) is 10.0 Å². The molecule has 2 aliphatic rings. The van der Waals surface area contributed by atoms with Crippen LogP contribution in [0.15, 0.2) is 0 Å². The first-order valence-electron chi connectivity index (χ1n) is 7.79. The van der Waals surface area contributed by atoms with E-state index in [0.717, 1.165) is 44.6 Å². The number of nitrogens with one attached hydrogen (secondary N) is 2. The summed E-state index contributed by atoms with van der Waals surface area (Å²) >= 11 is 0. The van der Waals surface area contributed by atoms with E-state index in [1.54, 1.807) is 0 Å². The first kappa shape index (κ1) is 15.0. The number of hydrogen-bond acceptors (Lipinski definition) is 4. The van der Waals surface area contributed by atoms with Crippen molar-refractivity contribution in [3.63, 3.8) is 0 Å². The van der Waals surface area contributed by atoms with E-state index in [9.17, 15) is 8.42 Å². The Hall–Kier alpha value is -0.920. The van der Waals surface area contributed by atoms with Crippen molar-refractivity contribution in [3.8, 4) is 0 Å². The van der Waals surface area contributed by atoms with Crippen molar-refractivity contribution in [2.75, 3.05) is 25.9 Å². The van der Waals surface area contributed by atoms with Gasteiger partial charge in [-0.3, -0.25) is 4.90 Å². The highest BCUT2D eigenvalue weighted by atomic mass is 32.2. The van der Waals surface area contributed by atoms with E-state index in [-0.39, 0.29) is 0 Å². The smallest absolute Gasteiger partial charge is 0.208 e. The topological polar surface area (TPSA) is 78.1 Å². The number of aryl methyl sites for hydroxylation is 2. The Morgan fingerprint density at radius 3 is 2.90 bits per heavy atom. The summed E-state index contributed by atoms with van der Waals surface area (Å²) in [6.07, 6.45) is 8.15. The molecule has 0 radical (unpaired) electrons. The number of hydrogen-bond donors (Lipinski definition) is 2. The summed E-state index contributed by atoms with van der Waals surface area (Å²) < 4.78 is 24.9. The molecule has 0 saturated carbocycles. The highest BCUT2D eigenvalue weighted by Crippen LogP contribution is 2.31. The molecule has 0 unspecified atom stereocenters. The van der Waals surface area contributed by atoms with Gasteiger partial charge in [-0.1, -0.05) is 0 Å². The van der Waals surface area contributed by atoms with E-state index in [1.165, 1.54) is 30.5 Å². The fraction of sp³-hybridized carbons (Fsp3) is 0.786. The van der Waals surface area contributed by atoms with Gasteiger partial charge < -0.3 is 4.98 Å². The standard InChI is InChI=1S/C14H24N4O2S/c1-21(19,20)15-8-10-18-9-4-7-13(18)14-16-11-5-2-3-6-12(11)17-14/h13,15H,2-10H2,1H3,(H,16,17)/t13-/m1/s1. The molecule has 1 fully saturated rings. The number of sulfonamides is 1. The maximum absolute atomic E-state index is 11.1. The lowest BCUT2D eigenvalue weighted by Gasteiger charge is -2.22. The molecular formula is C14H24N4O2S. The number of nitrogens with zero attached hydrogens (tertiary/aromatic N) is 2. The minimum atomic E-state index is -3.10. The number of likely N-dealkylation sites (tertiary alicyclic amines) is 1. The molecule has 0 spiro atoms. The largest absolute Gasteiger partial charge is 0.344 e. The van der Waals surface area contributed by atoms with Crippen molar-refractivity contribution in [3.05, 3.63) is 17.2 Å². The number of imidazole rings is 1. The third kappa shape index (κ3) is 3.64. The SMILES string of the molecule is CS(=O)(=O)NCCN1CCC[C@@H]1c1nc2c([nH]1)CCCC2. The van der Waals surface area contributed by atoms with Crippen LogP contribution in [0.3, 0.4) is 0 Å². The predicted octanol–water partition coefficient (Wildman–Crippen LogP) is 0.975. The molecule has 1 aliphatic carbocycles. The molecule has 1 aromatic rings. The molecule has 3 rings (SSSR count). The molecule has 0 amide bonds. The lowest BCUT2D eigenvalue weighted by atomic mass is 10.0. The number of aromatic nitrogens is 2. The summed E-state index contributed by atoms with van der Waals surface area (Å²) in [7, 11) is -3.10. The van der Waals surface area contributed by atoms with Gasteiger partial charge in [0.05, 0.1) is 18.0 Å². The quantitative estimate of drug-likeness (QED) is 0.849. The maximum atomic E-state index is 11.1. The van der Waals surface area contributed by atoms with E-state index in [1.807, 2.05) is 0 Å². The molecule has 1 aromatic heterocycles. The average Bonchev–Trinajstić information content (AvgIpc) is 3.02. The van der Waals surface area contributed by atoms with Crippen molar-refractivity contribution in [2.45, 2.75) is 44.6 Å². The molecule has 2 heterocycles. The van der Waals surface area contributed by atoms with Gasteiger partial charge in [-0.05, 0) is 45.1 Å². The van der Waals surface area contributed by atoms with Gasteiger partial charge in [0.15, 0.2) is 0 Å². The third-order valence-corrected chi connectivity index (χ3v) is 5.14. The van der Waals surface area contributed by atoms with E-state index in [4.69, 9.17) is 4.98 Å². The highest BCUT2D eigenvalue weighted by Gasteiger charge is 2.29. The van der Waals surface area contributed by atoms with Crippen molar-refractivity contribution in [2.24, 2.45) is 0 Å². The zero-order valence-corrected chi connectivity index (χ0v) is 13.4. The lowest BCUT2D eigenvalue weighted by Crippen LogP contribution is -2.34. The van der Waals surface area contributed by atoms with Crippen LogP contribution in [0, 0.1) is 0 Å². The van der Waals surface area contributed by atoms with E-state index < -0.39 is 10.0 Å². The lowest BCUT2D eigenvalue weighted by molar-refractivity contribution is 0.254. The third-order valence-electron chi connectivity index (χ3n) is 4.42. The van der Waals surface area contributed by atoms with Gasteiger partial charge in [0, 0.05) is 18.8 Å². The van der Waals surface area contributed by atoms with Gasteiger partial charge in [-0.2, -0.15) is 0 Å². The Morgan fingerprint density at radius 1 is 1.33 bits per heavy atom. The molecule has 118 valence electrons. The van der Waals surface area contributed by atoms with Crippen LogP contribution in [0.25, 0.3) is 0 Å². The van der Waals surface area contributed by atoms with Gasteiger partial charge in [0.25, 0.3) is 0 Å². The minimum absolute atomic E-state index is 0.317. The first-order chi connectivity index (χ1) is 10.0. The fourth-order valence-corrected chi connectivity index (χ4v) is 3.87. The zero-order valence-electron chi connectivity index (χ0n) is 12.6. The molecule has 1 aliphatic heterocycles. The first-order valence-corrected chi connectivity index (χ1v) is 9.68. The number of fused-ring (bicyclic) bond motifs is 1. The van der Waals surface area contributed by atoms with Crippen molar-refractivity contribution in [1.29, 1.82) is 0 Å². The van der Waals surface area contributed by atoms with Gasteiger partial charge >= 0.3 is 0 Å². The second kappa shape index (κ2) is 6.06. The molecule has 1 atom stereocenters. The second-order valence-electron chi connectivity index (χ2n) is 6.11. The van der Waals surface area contributed by atoms with Crippen LogP contribution < -0.4 is 4.72 Å². The van der Waals surface area contributed by atoms with Crippen LogP contribution in [0.4, 0.5) is 0 Å². The monoisotopic (exact) mass is 312 g/mol. The van der Waals surface area contributed by atoms with Crippen LogP contribution in [0.1, 0.15) is 48.9 Å². The van der Waals surface area contributed by atoms with Crippen LogP contribution in [0.2, 0.25) is 0 Å². The Kier molecular flexibility index (Phi) is 4.33. The van der Waals surface area contributed by atoms with Gasteiger partial charge in [0.1, 0.15) is 5.82 Å². The van der Waals surface area contributed by atoms with E-state index in [2.05, 4.69) is 14.6 Å². The normalized spacial score (nSPS) is 23.4. The highest BCUT2D eigenvalue weighted by molar-refractivity contribution is 7.88. The number of aromatic amines is 1. The summed E-state index contributed by atoms with van der Waals surface area (Å²) in [4.78, 5) is 10.7. The van der Waals surface area contributed by atoms with Crippen molar-refractivity contribution >= 4 is 10.0 Å². The summed E-state index contributed by atoms with van der Waals surface area (Å²) in [6, 6.07) is 0.317. The molecule has 21 heavy (non-hydrogen) atoms. The van der Waals surface area contributed by atoms with Crippen LogP contribution >= 0.6 is 0 Å². The van der Waals surface area contributed by atoms with Gasteiger partial charge in [-0.15, -0.1) is 0 Å². The molecule has 6 nitrogen and oxygen atoms in total.